The third kappa shape index (κ3) is 3.92. The Kier molecular flexibility index (Phi) is 5.96. The summed E-state index contributed by atoms with van der Waals surface area (Å²) >= 11 is 12.3. The highest BCUT2D eigenvalue weighted by atomic mass is 35.5. The maximum atomic E-state index is 12.7. The maximum Gasteiger partial charge on any atom is 0.263 e. The van der Waals surface area contributed by atoms with Gasteiger partial charge < -0.3 is 15.6 Å². The van der Waals surface area contributed by atoms with Gasteiger partial charge in [-0.1, -0.05) is 29.3 Å². The van der Waals surface area contributed by atoms with Crippen LogP contribution in [0.2, 0.25) is 10.0 Å². The molecule has 1 atom stereocenters. The molecular weight excluding hydrogens is 375 g/mol. The number of piperidine rings is 1. The van der Waals surface area contributed by atoms with Crippen LogP contribution in [-0.2, 0) is 6.42 Å². The zero-order valence-electron chi connectivity index (χ0n) is 14.2. The first-order chi connectivity index (χ1) is 12.5. The van der Waals surface area contributed by atoms with Crippen molar-refractivity contribution >= 4 is 29.1 Å². The van der Waals surface area contributed by atoms with E-state index in [9.17, 15) is 9.59 Å². The topological polar surface area (TPSA) is 92.1 Å². The van der Waals surface area contributed by atoms with E-state index in [1.165, 1.54) is 6.20 Å². The molecule has 0 spiro atoms. The molecule has 1 amide bonds. The van der Waals surface area contributed by atoms with Crippen LogP contribution in [0.4, 0.5) is 0 Å². The van der Waals surface area contributed by atoms with Gasteiger partial charge >= 0.3 is 0 Å². The molecule has 26 heavy (non-hydrogen) atoms. The van der Waals surface area contributed by atoms with Crippen molar-refractivity contribution in [2.75, 3.05) is 13.1 Å². The minimum Gasteiger partial charge on any atom is -0.334 e. The zero-order chi connectivity index (χ0) is 18.7. The summed E-state index contributed by atoms with van der Waals surface area (Å²) in [7, 11) is 0. The lowest BCUT2D eigenvalue weighted by Crippen LogP contribution is -2.48. The molecule has 3 N–H and O–H groups in total. The number of benzene rings is 1. The molecular formula is C18H20Cl2N4O2. The maximum absolute atomic E-state index is 12.7. The van der Waals surface area contributed by atoms with Crippen LogP contribution in [0, 0.1) is 0 Å². The average Bonchev–Trinajstić information content (AvgIpc) is 2.64. The average molecular weight is 395 g/mol. The fourth-order valence-corrected chi connectivity index (χ4v) is 3.74. The number of hydrogen-bond acceptors (Lipinski definition) is 4. The number of H-pyrrole nitrogens is 1. The number of nitrogens with two attached hydrogens (primary N) is 1. The Morgan fingerprint density at radius 3 is 2.69 bits per heavy atom. The second-order valence-corrected chi connectivity index (χ2v) is 7.15. The van der Waals surface area contributed by atoms with Crippen molar-refractivity contribution < 1.29 is 4.79 Å². The van der Waals surface area contributed by atoms with Crippen molar-refractivity contribution in [3.05, 3.63) is 61.7 Å². The van der Waals surface area contributed by atoms with Gasteiger partial charge in [-0.2, -0.15) is 0 Å². The highest BCUT2D eigenvalue weighted by molar-refractivity contribution is 6.36. The van der Waals surface area contributed by atoms with Crippen LogP contribution in [0.15, 0.2) is 29.2 Å². The third-order valence-electron chi connectivity index (χ3n) is 4.65. The van der Waals surface area contributed by atoms with E-state index in [0.29, 0.717) is 34.5 Å². The molecule has 2 heterocycles. The Hall–Kier alpha value is -1.89. The van der Waals surface area contributed by atoms with Crippen molar-refractivity contribution in [3.8, 4) is 0 Å². The lowest BCUT2D eigenvalue weighted by atomic mass is 10.0. The third-order valence-corrected chi connectivity index (χ3v) is 5.36. The summed E-state index contributed by atoms with van der Waals surface area (Å²) in [4.78, 5) is 33.8. The minimum atomic E-state index is -0.468. The fraction of sp³-hybridized carbons (Fsp3) is 0.389. The van der Waals surface area contributed by atoms with Gasteiger partial charge in [0.15, 0.2) is 0 Å². The molecule has 6 nitrogen and oxygen atoms in total. The van der Waals surface area contributed by atoms with Crippen LogP contribution in [0.5, 0.6) is 0 Å². The van der Waals surface area contributed by atoms with Gasteiger partial charge in [0.05, 0.1) is 0 Å². The monoisotopic (exact) mass is 394 g/mol. The SMILES string of the molecule is NC[C@H]1CCCCN1C(=O)c1cnc(Cc2c(Cl)cccc2Cl)[nH]c1=O. The molecule has 1 aliphatic heterocycles. The molecule has 1 saturated heterocycles. The molecule has 0 saturated carbocycles. The predicted molar refractivity (Wildman–Crippen MR) is 102 cm³/mol. The summed E-state index contributed by atoms with van der Waals surface area (Å²) in [6.45, 7) is 0.997. The number of aromatic amines is 1. The number of carbonyl (C=O) groups is 1. The summed E-state index contributed by atoms with van der Waals surface area (Å²) in [6.07, 6.45) is 4.41. The number of carbonyl (C=O) groups excluding carboxylic acids is 1. The second kappa shape index (κ2) is 8.20. The van der Waals surface area contributed by atoms with E-state index in [2.05, 4.69) is 9.97 Å². The lowest BCUT2D eigenvalue weighted by Gasteiger charge is -2.34. The molecule has 2 aromatic rings. The van der Waals surface area contributed by atoms with Crippen molar-refractivity contribution in [3.63, 3.8) is 0 Å². The van der Waals surface area contributed by atoms with E-state index in [-0.39, 0.29) is 23.9 Å². The van der Waals surface area contributed by atoms with Crippen LogP contribution in [0.3, 0.4) is 0 Å². The Balaban J connectivity index is 1.83. The van der Waals surface area contributed by atoms with E-state index in [1.807, 2.05) is 0 Å². The molecule has 0 radical (unpaired) electrons. The van der Waals surface area contributed by atoms with Gasteiger partial charge in [0.1, 0.15) is 11.4 Å². The molecule has 0 bridgehead atoms. The standard InChI is InChI=1S/C18H20Cl2N4O2/c19-14-5-3-6-15(20)12(14)8-16-22-10-13(17(25)23-16)18(26)24-7-2-1-4-11(24)9-21/h3,5-6,10-11H,1-2,4,7-9,21H2,(H,22,23,25)/t11-/m1/s1. The minimum absolute atomic E-state index is 0.0272. The number of aromatic nitrogens is 2. The summed E-state index contributed by atoms with van der Waals surface area (Å²) in [5.74, 6) is 0.0757. The smallest absolute Gasteiger partial charge is 0.263 e. The van der Waals surface area contributed by atoms with Crippen molar-refractivity contribution in [1.29, 1.82) is 0 Å². The fourth-order valence-electron chi connectivity index (χ4n) is 3.21. The first-order valence-electron chi connectivity index (χ1n) is 8.53. The van der Waals surface area contributed by atoms with Gasteiger partial charge in [-0.05, 0) is 37.0 Å². The summed E-state index contributed by atoms with van der Waals surface area (Å²) in [5.41, 5.74) is 6.00. The van der Waals surface area contributed by atoms with Crippen LogP contribution >= 0.6 is 23.2 Å². The van der Waals surface area contributed by atoms with E-state index < -0.39 is 5.56 Å². The number of amides is 1. The van der Waals surface area contributed by atoms with Gasteiger partial charge in [0.2, 0.25) is 0 Å². The number of hydrogen-bond donors (Lipinski definition) is 2. The van der Waals surface area contributed by atoms with E-state index in [4.69, 9.17) is 28.9 Å². The van der Waals surface area contributed by atoms with Gasteiger partial charge in [-0.3, -0.25) is 9.59 Å². The summed E-state index contributed by atoms with van der Waals surface area (Å²) in [5, 5.41) is 0.999. The van der Waals surface area contributed by atoms with Crippen LogP contribution in [0.1, 0.15) is 41.0 Å². The molecule has 0 aliphatic carbocycles. The van der Waals surface area contributed by atoms with Gasteiger partial charge in [0.25, 0.3) is 11.5 Å². The van der Waals surface area contributed by atoms with E-state index in [0.717, 1.165) is 19.3 Å². The van der Waals surface area contributed by atoms with Crippen molar-refractivity contribution in [2.45, 2.75) is 31.7 Å². The molecule has 1 aromatic carbocycles. The molecule has 1 fully saturated rings. The van der Waals surface area contributed by atoms with Crippen LogP contribution in [0.25, 0.3) is 0 Å². The highest BCUT2D eigenvalue weighted by Crippen LogP contribution is 2.25. The largest absolute Gasteiger partial charge is 0.334 e. The first kappa shape index (κ1) is 18.9. The molecule has 3 rings (SSSR count). The number of nitrogens with zero attached hydrogens (tertiary/aromatic N) is 2. The Bertz CT molecular complexity index is 848. The van der Waals surface area contributed by atoms with E-state index >= 15 is 0 Å². The lowest BCUT2D eigenvalue weighted by molar-refractivity contribution is 0.0621. The summed E-state index contributed by atoms with van der Waals surface area (Å²) < 4.78 is 0. The number of likely N-dealkylation sites (tertiary alicyclic amines) is 1. The Morgan fingerprint density at radius 1 is 1.31 bits per heavy atom. The molecule has 8 heteroatoms. The first-order valence-corrected chi connectivity index (χ1v) is 9.29. The van der Waals surface area contributed by atoms with Crippen LogP contribution < -0.4 is 11.3 Å². The number of halogens is 2. The Morgan fingerprint density at radius 2 is 2.04 bits per heavy atom. The second-order valence-electron chi connectivity index (χ2n) is 6.33. The molecule has 0 unspecified atom stereocenters. The van der Waals surface area contributed by atoms with E-state index in [1.54, 1.807) is 23.1 Å². The molecule has 138 valence electrons. The van der Waals surface area contributed by atoms with Crippen molar-refractivity contribution in [2.24, 2.45) is 5.73 Å². The van der Waals surface area contributed by atoms with Gasteiger partial charge in [-0.25, -0.2) is 4.98 Å². The normalized spacial score (nSPS) is 17.3. The quantitative estimate of drug-likeness (QED) is 0.833. The number of rotatable bonds is 4. The molecule has 1 aliphatic rings. The van der Waals surface area contributed by atoms with Crippen LogP contribution in [-0.4, -0.2) is 39.9 Å². The van der Waals surface area contributed by atoms with Crippen molar-refractivity contribution in [1.82, 2.24) is 14.9 Å². The Labute approximate surface area is 161 Å². The van der Waals surface area contributed by atoms with Gasteiger partial charge in [0, 0.05) is 41.8 Å². The molecule has 1 aromatic heterocycles. The number of nitrogens with one attached hydrogen (secondary N) is 1. The van der Waals surface area contributed by atoms with Gasteiger partial charge in [-0.15, -0.1) is 0 Å². The summed E-state index contributed by atoms with van der Waals surface area (Å²) in [6, 6.07) is 5.17. The highest BCUT2D eigenvalue weighted by Gasteiger charge is 2.28. The predicted octanol–water partition coefficient (Wildman–Crippen LogP) is 2.62. The zero-order valence-corrected chi connectivity index (χ0v) is 15.7.